The van der Waals surface area contributed by atoms with Crippen molar-refractivity contribution in [1.82, 2.24) is 0 Å². The van der Waals surface area contributed by atoms with Gasteiger partial charge in [-0.05, 0) is 57.8 Å². The molecule has 3 N–H and O–H groups in total. The molecule has 0 aliphatic carbocycles. The van der Waals surface area contributed by atoms with Gasteiger partial charge in [0.05, 0.1) is 58.7 Å². The van der Waals surface area contributed by atoms with E-state index < -0.39 is 91.8 Å². The van der Waals surface area contributed by atoms with Gasteiger partial charge in [0.2, 0.25) is 0 Å². The van der Waals surface area contributed by atoms with Crippen LogP contribution < -0.4 is 0 Å². The van der Waals surface area contributed by atoms with Gasteiger partial charge in [0.1, 0.15) is 31.5 Å². The topological polar surface area (TPSA) is 223 Å². The van der Waals surface area contributed by atoms with Gasteiger partial charge in [-0.25, -0.2) is 9.59 Å². The van der Waals surface area contributed by atoms with Crippen molar-refractivity contribution in [2.45, 2.75) is 186 Å². The van der Waals surface area contributed by atoms with E-state index in [-0.39, 0.29) is 51.6 Å². The van der Waals surface area contributed by atoms with Crippen LogP contribution in [0.4, 0.5) is 0 Å². The maximum Gasteiger partial charge on any atom is 0.392 e. The molecule has 0 amide bonds. The largest absolute Gasteiger partial charge is 0.461 e. The van der Waals surface area contributed by atoms with Crippen molar-refractivity contribution in [1.29, 1.82) is 0 Å². The molecule has 7 unspecified atom stereocenters. The molecule has 7 atom stereocenters. The molecule has 0 rings (SSSR count). The Labute approximate surface area is 393 Å². The molecule has 0 aromatic carbocycles. The number of aliphatic hydroxyl groups excluding tert-OH is 3. The van der Waals surface area contributed by atoms with E-state index in [1.165, 1.54) is 25.2 Å². The number of carbonyl (C=O) groups is 6. The summed E-state index contributed by atoms with van der Waals surface area (Å²) in [5.41, 5.74) is 0. The highest BCUT2D eigenvalue weighted by atomic mass is 16.6. The number of likely N-dealkylation sites (N-methyl/N-ethyl adjacent to an activating group) is 1. The fourth-order valence-corrected chi connectivity index (χ4v) is 6.40. The molecule has 0 saturated carbocycles. The Morgan fingerprint density at radius 2 is 0.909 bits per heavy atom. The number of esters is 6. The molecule has 0 radical (unpaired) electrons. The smallest absolute Gasteiger partial charge is 0.392 e. The third kappa shape index (κ3) is 33.8. The highest BCUT2D eigenvalue weighted by Gasteiger charge is 2.27. The number of unbranched alkanes of at least 4 members (excludes halogenated alkanes) is 6. The van der Waals surface area contributed by atoms with Crippen LogP contribution in [0, 0.1) is 6.57 Å². The molecule has 0 fully saturated rings. The summed E-state index contributed by atoms with van der Waals surface area (Å²) in [5.74, 6) is -3.69. The van der Waals surface area contributed by atoms with Crippen molar-refractivity contribution in [2.24, 2.45) is 0 Å². The predicted octanol–water partition coefficient (Wildman–Crippen LogP) is 6.24. The molecule has 0 saturated heterocycles. The van der Waals surface area contributed by atoms with Gasteiger partial charge in [0.25, 0.3) is 6.57 Å². The number of hydrogen-bond donors (Lipinski definition) is 3. The van der Waals surface area contributed by atoms with Crippen LogP contribution in [-0.4, -0.2) is 146 Å². The lowest BCUT2D eigenvalue weighted by Crippen LogP contribution is -2.42. The number of ether oxygens (including phenoxy) is 6. The van der Waals surface area contributed by atoms with Crippen LogP contribution in [-0.2, 0) is 57.2 Å². The van der Waals surface area contributed by atoms with Crippen molar-refractivity contribution >= 4 is 35.8 Å². The van der Waals surface area contributed by atoms with Gasteiger partial charge in [0.15, 0.2) is 12.6 Å². The SMILES string of the molecule is C#[N+]CC(=O)OC(CCCCC)C(O)C/C=C/CC(=O)OC(COC(=O)C/C=C/CC(O)C(CCCCC)OC(C)=O)COC(=O)C/C=C/CC(O)C(CCCCC)OC(=O)C[N+](C)(C)C. The molecule has 0 spiro atoms. The Hall–Kier alpha value is -4.63. The third-order valence-corrected chi connectivity index (χ3v) is 9.92. The van der Waals surface area contributed by atoms with E-state index >= 15 is 0 Å². The second kappa shape index (κ2) is 37.5. The van der Waals surface area contributed by atoms with Crippen LogP contribution in [0.1, 0.15) is 143 Å². The van der Waals surface area contributed by atoms with Gasteiger partial charge in [-0.1, -0.05) is 101 Å². The average molecular weight is 939 g/mol. The van der Waals surface area contributed by atoms with Crippen molar-refractivity contribution < 1.29 is 77.0 Å². The van der Waals surface area contributed by atoms with Gasteiger partial charge in [0, 0.05) is 6.92 Å². The Bertz CT molecular complexity index is 1530. The number of carbonyl (C=O) groups excluding carboxylic acids is 6. The summed E-state index contributed by atoms with van der Waals surface area (Å²) in [6.45, 7) is 11.4. The first-order chi connectivity index (χ1) is 31.3. The molecule has 0 heterocycles. The number of hydrogen-bond acceptors (Lipinski definition) is 15. The fourth-order valence-electron chi connectivity index (χ4n) is 6.40. The van der Waals surface area contributed by atoms with E-state index in [9.17, 15) is 44.1 Å². The van der Waals surface area contributed by atoms with E-state index in [0.29, 0.717) is 23.7 Å². The van der Waals surface area contributed by atoms with Crippen LogP contribution in [0.5, 0.6) is 0 Å². The predicted molar refractivity (Wildman–Crippen MR) is 249 cm³/mol. The number of nitrogens with zero attached hydrogens (tertiary/aromatic N) is 2. The number of aliphatic hydroxyl groups is 3. The average Bonchev–Trinajstić information content (AvgIpc) is 3.24. The van der Waals surface area contributed by atoms with E-state index in [4.69, 9.17) is 35.0 Å². The van der Waals surface area contributed by atoms with Gasteiger partial charge in [-0.3, -0.25) is 19.2 Å². The van der Waals surface area contributed by atoms with Crippen molar-refractivity contribution in [3.8, 4) is 6.57 Å². The summed E-state index contributed by atoms with van der Waals surface area (Å²) in [5, 5.41) is 32.2. The molecule has 0 aromatic rings. The Morgan fingerprint density at radius 3 is 1.27 bits per heavy atom. The maximum absolute atomic E-state index is 12.9. The Balaban J connectivity index is 5.62. The van der Waals surface area contributed by atoms with Gasteiger partial charge >= 0.3 is 42.4 Å². The zero-order valence-electron chi connectivity index (χ0n) is 40.8. The lowest BCUT2D eigenvalue weighted by Gasteiger charge is -2.26. The molecular weight excluding hydrogens is 857 g/mol. The maximum atomic E-state index is 12.9. The quantitative estimate of drug-likeness (QED) is 0.0205. The molecule has 66 heavy (non-hydrogen) atoms. The van der Waals surface area contributed by atoms with Gasteiger partial charge in [-0.15, -0.1) is 0 Å². The molecule has 376 valence electrons. The summed E-state index contributed by atoms with van der Waals surface area (Å²) in [6, 6.07) is 0. The van der Waals surface area contributed by atoms with Crippen LogP contribution in [0.25, 0.3) is 4.85 Å². The standard InChI is InChI=1S/C49H82N2O15/c1-9-12-15-27-42(63-37(4)52)39(53)24-18-21-30-45(56)61-35-38(64-47(58)32-23-20-26-40(54)43(28-16-13-10-2)65-48(59)33-50-5)36-62-46(57)31-22-19-25-41(55)44(29-17-14-11-3)66-49(60)34-51(6,7)8/h5,18-23,38-44,53-55H,9-17,24-36H2,1-4,6-8H3/q+2/b21-18+,22-19+,23-20+. The molecule has 0 aliphatic heterocycles. The van der Waals surface area contributed by atoms with E-state index in [2.05, 4.69) is 11.8 Å². The first-order valence-electron chi connectivity index (χ1n) is 23.6. The zero-order valence-corrected chi connectivity index (χ0v) is 40.8. The molecule has 17 heteroatoms. The summed E-state index contributed by atoms with van der Waals surface area (Å²) in [6.07, 6.45) is 11.8. The first-order valence-corrected chi connectivity index (χ1v) is 23.6. The van der Waals surface area contributed by atoms with Gasteiger partial charge in [-0.2, -0.15) is 0 Å². The van der Waals surface area contributed by atoms with Crippen molar-refractivity contribution in [3.63, 3.8) is 0 Å². The van der Waals surface area contributed by atoms with E-state index in [0.717, 1.165) is 57.8 Å². The lowest BCUT2D eigenvalue weighted by atomic mass is 10.0. The molecule has 0 aromatic heterocycles. The fraction of sp³-hybridized carbons (Fsp3) is 0.735. The normalized spacial score (nSPS) is 15.0. The zero-order chi connectivity index (χ0) is 49.8. The van der Waals surface area contributed by atoms with Crippen LogP contribution in [0.2, 0.25) is 0 Å². The summed E-state index contributed by atoms with van der Waals surface area (Å²) in [4.78, 5) is 77.6. The lowest BCUT2D eigenvalue weighted by molar-refractivity contribution is -0.862. The van der Waals surface area contributed by atoms with Crippen LogP contribution >= 0.6 is 0 Å². The minimum Gasteiger partial charge on any atom is -0.461 e. The van der Waals surface area contributed by atoms with Crippen LogP contribution in [0.15, 0.2) is 36.5 Å². The van der Waals surface area contributed by atoms with Crippen molar-refractivity contribution in [2.75, 3.05) is 47.4 Å². The Morgan fingerprint density at radius 1 is 0.530 bits per heavy atom. The Kier molecular flexibility index (Phi) is 34.8. The summed E-state index contributed by atoms with van der Waals surface area (Å²) < 4.78 is 32.9. The minimum atomic E-state index is -1.19. The number of quaternary nitrogens is 1. The van der Waals surface area contributed by atoms with Crippen LogP contribution in [0.3, 0.4) is 0 Å². The summed E-state index contributed by atoms with van der Waals surface area (Å²) in [7, 11) is 5.60. The summed E-state index contributed by atoms with van der Waals surface area (Å²) >= 11 is 0. The monoisotopic (exact) mass is 939 g/mol. The molecular formula is C49H82N2O15+2. The molecule has 0 aliphatic rings. The second-order valence-corrected chi connectivity index (χ2v) is 17.4. The van der Waals surface area contributed by atoms with Gasteiger partial charge < -0.3 is 48.2 Å². The molecule has 17 nitrogen and oxygen atoms in total. The third-order valence-electron chi connectivity index (χ3n) is 9.92. The molecule has 0 bridgehead atoms. The number of rotatable bonds is 38. The second-order valence-electron chi connectivity index (χ2n) is 17.4. The van der Waals surface area contributed by atoms with E-state index in [1.807, 2.05) is 35.0 Å². The van der Waals surface area contributed by atoms with Crippen molar-refractivity contribution in [3.05, 3.63) is 41.3 Å². The minimum absolute atomic E-state index is 0.0648. The van der Waals surface area contributed by atoms with E-state index in [1.54, 1.807) is 18.2 Å². The highest BCUT2D eigenvalue weighted by molar-refractivity contribution is 5.74. The highest BCUT2D eigenvalue weighted by Crippen LogP contribution is 2.18. The first kappa shape index (κ1) is 61.4.